The molecular formula is C15H25Cl2N3O. The minimum absolute atomic E-state index is 0. The molecule has 1 saturated carbocycles. The Labute approximate surface area is 139 Å². The maximum atomic E-state index is 11.9. The van der Waals surface area contributed by atoms with Crippen LogP contribution in [0.2, 0.25) is 0 Å². The van der Waals surface area contributed by atoms with E-state index in [0.29, 0.717) is 6.54 Å². The predicted octanol–water partition coefficient (Wildman–Crippen LogP) is 2.05. The van der Waals surface area contributed by atoms with Crippen molar-refractivity contribution >= 4 is 30.7 Å². The minimum Gasteiger partial charge on any atom is -0.353 e. The van der Waals surface area contributed by atoms with Crippen molar-refractivity contribution in [2.75, 3.05) is 20.6 Å². The van der Waals surface area contributed by atoms with E-state index in [0.717, 1.165) is 12.8 Å². The molecule has 4 nitrogen and oxygen atoms in total. The average Bonchev–Trinajstić information content (AvgIpc) is 3.10. The largest absolute Gasteiger partial charge is 0.353 e. The summed E-state index contributed by atoms with van der Waals surface area (Å²) >= 11 is 0. The lowest BCUT2D eigenvalue weighted by atomic mass is 10.0. The van der Waals surface area contributed by atoms with Gasteiger partial charge in [0.05, 0.1) is 11.6 Å². The zero-order chi connectivity index (χ0) is 14.0. The fourth-order valence-electron chi connectivity index (χ4n) is 2.11. The van der Waals surface area contributed by atoms with Gasteiger partial charge in [0, 0.05) is 6.54 Å². The van der Waals surface area contributed by atoms with E-state index in [-0.39, 0.29) is 36.8 Å². The Balaban J connectivity index is 0.00000200. The average molecular weight is 334 g/mol. The van der Waals surface area contributed by atoms with Gasteiger partial charge in [-0.05, 0) is 39.4 Å². The van der Waals surface area contributed by atoms with E-state index in [9.17, 15) is 4.79 Å². The molecule has 2 rings (SSSR count). The highest BCUT2D eigenvalue weighted by atomic mass is 35.5. The first-order valence-corrected chi connectivity index (χ1v) is 6.72. The van der Waals surface area contributed by atoms with Gasteiger partial charge < -0.3 is 16.0 Å². The molecule has 0 aromatic heterocycles. The van der Waals surface area contributed by atoms with Crippen LogP contribution in [0.15, 0.2) is 24.3 Å². The van der Waals surface area contributed by atoms with E-state index in [2.05, 4.69) is 41.4 Å². The van der Waals surface area contributed by atoms with Crippen LogP contribution in [0, 0.1) is 6.92 Å². The summed E-state index contributed by atoms with van der Waals surface area (Å²) in [7, 11) is 4.04. The van der Waals surface area contributed by atoms with Crippen molar-refractivity contribution in [2.24, 2.45) is 5.73 Å². The molecule has 0 heterocycles. The summed E-state index contributed by atoms with van der Waals surface area (Å²) in [6.07, 6.45) is 1.60. The van der Waals surface area contributed by atoms with Gasteiger partial charge in [0.1, 0.15) is 0 Å². The van der Waals surface area contributed by atoms with E-state index in [1.807, 2.05) is 14.1 Å². The van der Waals surface area contributed by atoms with Crippen LogP contribution in [-0.4, -0.2) is 37.0 Å². The smallest absolute Gasteiger partial charge is 0.240 e. The van der Waals surface area contributed by atoms with Crippen molar-refractivity contribution in [1.29, 1.82) is 0 Å². The molecule has 1 atom stereocenters. The van der Waals surface area contributed by atoms with Gasteiger partial charge in [-0.25, -0.2) is 0 Å². The number of nitrogens with one attached hydrogen (secondary N) is 1. The van der Waals surface area contributed by atoms with Crippen LogP contribution in [0.3, 0.4) is 0 Å². The highest BCUT2D eigenvalue weighted by Gasteiger charge is 2.45. The quantitative estimate of drug-likeness (QED) is 0.866. The van der Waals surface area contributed by atoms with Crippen molar-refractivity contribution in [3.05, 3.63) is 35.4 Å². The first-order valence-electron chi connectivity index (χ1n) is 6.72. The zero-order valence-electron chi connectivity index (χ0n) is 12.8. The third-order valence-corrected chi connectivity index (χ3v) is 3.78. The molecule has 1 unspecified atom stereocenters. The van der Waals surface area contributed by atoms with Crippen LogP contribution in [-0.2, 0) is 4.79 Å². The second-order valence-electron chi connectivity index (χ2n) is 5.76. The normalized spacial score (nSPS) is 16.4. The Bertz CT molecular complexity index is 458. The molecule has 120 valence electrons. The lowest BCUT2D eigenvalue weighted by molar-refractivity contribution is -0.123. The molecule has 0 aliphatic heterocycles. The Morgan fingerprint density at radius 2 is 1.81 bits per heavy atom. The molecule has 1 fully saturated rings. The van der Waals surface area contributed by atoms with Gasteiger partial charge in [-0.15, -0.1) is 24.8 Å². The molecule has 1 amide bonds. The summed E-state index contributed by atoms with van der Waals surface area (Å²) in [6, 6.07) is 8.59. The molecule has 1 aliphatic rings. The van der Waals surface area contributed by atoms with Gasteiger partial charge in [0.2, 0.25) is 5.91 Å². The van der Waals surface area contributed by atoms with Gasteiger partial charge in [0.15, 0.2) is 0 Å². The molecule has 0 saturated heterocycles. The van der Waals surface area contributed by atoms with E-state index < -0.39 is 5.54 Å². The monoisotopic (exact) mass is 333 g/mol. The molecule has 21 heavy (non-hydrogen) atoms. The van der Waals surface area contributed by atoms with Crippen molar-refractivity contribution in [3.63, 3.8) is 0 Å². The van der Waals surface area contributed by atoms with E-state index in [4.69, 9.17) is 5.73 Å². The van der Waals surface area contributed by atoms with Crippen LogP contribution in [0.25, 0.3) is 0 Å². The third-order valence-electron chi connectivity index (χ3n) is 3.78. The first-order chi connectivity index (χ1) is 8.92. The Hall–Kier alpha value is -0.810. The Kier molecular flexibility index (Phi) is 7.68. The fraction of sp³-hybridized carbons (Fsp3) is 0.533. The maximum absolute atomic E-state index is 11.9. The fourth-order valence-corrected chi connectivity index (χ4v) is 2.11. The van der Waals surface area contributed by atoms with Crippen molar-refractivity contribution in [3.8, 4) is 0 Å². The zero-order valence-corrected chi connectivity index (χ0v) is 14.4. The predicted molar refractivity (Wildman–Crippen MR) is 91.3 cm³/mol. The van der Waals surface area contributed by atoms with Gasteiger partial charge in [-0.3, -0.25) is 4.79 Å². The summed E-state index contributed by atoms with van der Waals surface area (Å²) in [5, 5.41) is 2.97. The van der Waals surface area contributed by atoms with Crippen LogP contribution >= 0.6 is 24.8 Å². The number of nitrogens with two attached hydrogens (primary N) is 1. The highest BCUT2D eigenvalue weighted by Crippen LogP contribution is 2.32. The standard InChI is InChI=1S/C15H23N3O.2ClH/c1-11-4-6-12(7-5-11)13(18(2)3)10-17-14(19)15(16)8-9-15;;/h4-7,13H,8-10,16H2,1-3H3,(H,17,19);2*1H. The van der Waals surface area contributed by atoms with Crippen LogP contribution in [0.4, 0.5) is 0 Å². The topological polar surface area (TPSA) is 58.4 Å². The third kappa shape index (κ3) is 5.15. The molecule has 1 aromatic rings. The van der Waals surface area contributed by atoms with E-state index >= 15 is 0 Å². The molecule has 1 aliphatic carbocycles. The molecule has 6 heteroatoms. The molecule has 1 aromatic carbocycles. The number of amides is 1. The number of benzene rings is 1. The number of aryl methyl sites for hydroxylation is 1. The van der Waals surface area contributed by atoms with Crippen LogP contribution in [0.5, 0.6) is 0 Å². The number of nitrogens with zero attached hydrogens (tertiary/aromatic N) is 1. The molecule has 3 N–H and O–H groups in total. The van der Waals surface area contributed by atoms with Crippen LogP contribution < -0.4 is 11.1 Å². The first kappa shape index (κ1) is 20.2. The minimum atomic E-state index is -0.593. The summed E-state index contributed by atoms with van der Waals surface area (Å²) in [6.45, 7) is 2.66. The molecule has 0 bridgehead atoms. The molecule has 0 radical (unpaired) electrons. The van der Waals surface area contributed by atoms with E-state index in [1.54, 1.807) is 0 Å². The van der Waals surface area contributed by atoms with Crippen molar-refractivity contribution in [2.45, 2.75) is 31.3 Å². The van der Waals surface area contributed by atoms with Crippen molar-refractivity contribution < 1.29 is 4.79 Å². The summed E-state index contributed by atoms with van der Waals surface area (Å²) in [5.41, 5.74) is 7.74. The lowest BCUT2D eigenvalue weighted by Crippen LogP contribution is -2.45. The summed E-state index contributed by atoms with van der Waals surface area (Å²) in [5.74, 6) is -0.0218. The van der Waals surface area contributed by atoms with Gasteiger partial charge >= 0.3 is 0 Å². The molecular weight excluding hydrogens is 309 g/mol. The Morgan fingerprint density at radius 1 is 1.29 bits per heavy atom. The molecule has 0 spiro atoms. The van der Waals surface area contributed by atoms with Gasteiger partial charge in [0.25, 0.3) is 0 Å². The lowest BCUT2D eigenvalue weighted by Gasteiger charge is -2.26. The van der Waals surface area contributed by atoms with Gasteiger partial charge in [-0.1, -0.05) is 29.8 Å². The Morgan fingerprint density at radius 3 is 2.24 bits per heavy atom. The number of hydrogen-bond donors (Lipinski definition) is 2. The number of carbonyl (C=O) groups excluding carboxylic acids is 1. The number of likely N-dealkylation sites (N-methyl/N-ethyl adjacent to an activating group) is 1. The second kappa shape index (κ2) is 7.99. The summed E-state index contributed by atoms with van der Waals surface area (Å²) in [4.78, 5) is 14.0. The van der Waals surface area contributed by atoms with E-state index in [1.165, 1.54) is 11.1 Å². The number of hydrogen-bond acceptors (Lipinski definition) is 3. The maximum Gasteiger partial charge on any atom is 0.240 e. The van der Waals surface area contributed by atoms with Crippen molar-refractivity contribution in [1.82, 2.24) is 10.2 Å². The SMILES string of the molecule is Cc1ccc(C(CNC(=O)C2(N)CC2)N(C)C)cc1.Cl.Cl. The highest BCUT2D eigenvalue weighted by molar-refractivity contribution is 5.89. The number of carbonyl (C=O) groups is 1. The van der Waals surface area contributed by atoms with Crippen LogP contribution in [0.1, 0.15) is 30.0 Å². The second-order valence-corrected chi connectivity index (χ2v) is 5.76. The number of rotatable bonds is 5. The number of halogens is 2. The summed E-state index contributed by atoms with van der Waals surface area (Å²) < 4.78 is 0. The van der Waals surface area contributed by atoms with Gasteiger partial charge in [-0.2, -0.15) is 0 Å².